The van der Waals surface area contributed by atoms with Crippen LogP contribution in [0.25, 0.3) is 21.5 Å². The van der Waals surface area contributed by atoms with Crippen molar-refractivity contribution < 1.29 is 23.4 Å². The number of rotatable bonds is 2. The van der Waals surface area contributed by atoms with Crippen molar-refractivity contribution in [2.75, 3.05) is 0 Å². The van der Waals surface area contributed by atoms with E-state index in [-0.39, 0.29) is 23.5 Å². The standard InChI is InChI=1S/C19H17F3O2/c1-3-18(2,19(20,21)22)15-8-4-6-11-13(15)10-14-12(17(11)24)7-5-9-16(14)23/h4-10,23-24H,3H2,1-2H3. The fourth-order valence-corrected chi connectivity index (χ4v) is 3.15. The fraction of sp³-hybridized carbons (Fsp3) is 0.263. The molecule has 0 saturated heterocycles. The summed E-state index contributed by atoms with van der Waals surface area (Å²) >= 11 is 0. The van der Waals surface area contributed by atoms with E-state index in [4.69, 9.17) is 0 Å². The average Bonchev–Trinajstić information content (AvgIpc) is 2.54. The SMILES string of the molecule is CCC(C)(c1cccc2c(O)c3cccc(O)c3cc12)C(F)(F)F. The Labute approximate surface area is 137 Å². The van der Waals surface area contributed by atoms with Crippen molar-refractivity contribution >= 4 is 21.5 Å². The lowest BCUT2D eigenvalue weighted by atomic mass is 9.76. The summed E-state index contributed by atoms with van der Waals surface area (Å²) in [5.41, 5.74) is -1.95. The van der Waals surface area contributed by atoms with Crippen molar-refractivity contribution in [1.29, 1.82) is 0 Å². The highest BCUT2D eigenvalue weighted by atomic mass is 19.4. The lowest BCUT2D eigenvalue weighted by Crippen LogP contribution is -2.39. The molecule has 0 aliphatic rings. The van der Waals surface area contributed by atoms with Crippen molar-refractivity contribution in [3.63, 3.8) is 0 Å². The van der Waals surface area contributed by atoms with Crippen LogP contribution in [0.3, 0.4) is 0 Å². The van der Waals surface area contributed by atoms with Crippen LogP contribution < -0.4 is 0 Å². The third-order valence-electron chi connectivity index (χ3n) is 4.92. The Bertz CT molecular complexity index is 931. The van der Waals surface area contributed by atoms with Crippen LogP contribution in [0.15, 0.2) is 42.5 Å². The summed E-state index contributed by atoms with van der Waals surface area (Å²) in [6, 6.07) is 10.7. The van der Waals surface area contributed by atoms with Gasteiger partial charge in [-0.15, -0.1) is 0 Å². The van der Waals surface area contributed by atoms with Crippen molar-refractivity contribution in [2.24, 2.45) is 0 Å². The predicted octanol–water partition coefficient (Wildman–Crippen LogP) is 5.63. The second kappa shape index (κ2) is 5.30. The van der Waals surface area contributed by atoms with E-state index in [1.54, 1.807) is 18.2 Å². The van der Waals surface area contributed by atoms with E-state index in [0.29, 0.717) is 21.5 Å². The first-order chi connectivity index (χ1) is 11.2. The molecular formula is C19H17F3O2. The van der Waals surface area contributed by atoms with E-state index in [9.17, 15) is 23.4 Å². The minimum Gasteiger partial charge on any atom is -0.507 e. The summed E-state index contributed by atoms with van der Waals surface area (Å²) in [6.45, 7) is 2.65. The molecular weight excluding hydrogens is 317 g/mol. The molecule has 0 saturated carbocycles. The summed E-state index contributed by atoms with van der Waals surface area (Å²) < 4.78 is 41.1. The summed E-state index contributed by atoms with van der Waals surface area (Å²) in [5.74, 6) is -0.203. The van der Waals surface area contributed by atoms with Crippen LogP contribution in [-0.4, -0.2) is 16.4 Å². The van der Waals surface area contributed by atoms with E-state index < -0.39 is 11.6 Å². The lowest BCUT2D eigenvalue weighted by molar-refractivity contribution is -0.186. The molecule has 0 aliphatic heterocycles. The Balaban J connectivity index is 2.48. The summed E-state index contributed by atoms with van der Waals surface area (Å²) in [6.07, 6.45) is -4.56. The van der Waals surface area contributed by atoms with Gasteiger partial charge in [0.1, 0.15) is 11.5 Å². The fourth-order valence-electron chi connectivity index (χ4n) is 3.15. The number of phenolic OH excluding ortho intramolecular Hbond substituents is 2. The van der Waals surface area contributed by atoms with E-state index in [1.807, 2.05) is 0 Å². The van der Waals surface area contributed by atoms with Gasteiger partial charge in [-0.05, 0) is 36.4 Å². The molecule has 0 amide bonds. The minimum atomic E-state index is -4.43. The van der Waals surface area contributed by atoms with Crippen LogP contribution in [0.2, 0.25) is 0 Å². The topological polar surface area (TPSA) is 40.5 Å². The van der Waals surface area contributed by atoms with E-state index in [2.05, 4.69) is 0 Å². The average molecular weight is 334 g/mol. The van der Waals surface area contributed by atoms with Crippen molar-refractivity contribution in [1.82, 2.24) is 0 Å². The van der Waals surface area contributed by atoms with Gasteiger partial charge in [0.2, 0.25) is 0 Å². The summed E-state index contributed by atoms with van der Waals surface area (Å²) in [4.78, 5) is 0. The molecule has 2 N–H and O–H groups in total. The van der Waals surface area contributed by atoms with E-state index >= 15 is 0 Å². The third kappa shape index (κ3) is 2.19. The van der Waals surface area contributed by atoms with Gasteiger partial charge in [0.25, 0.3) is 0 Å². The van der Waals surface area contributed by atoms with Gasteiger partial charge in [-0.3, -0.25) is 0 Å². The van der Waals surface area contributed by atoms with Crippen LogP contribution in [0, 0.1) is 0 Å². The first-order valence-electron chi connectivity index (χ1n) is 7.64. The van der Waals surface area contributed by atoms with Crippen LogP contribution in [0.1, 0.15) is 25.8 Å². The normalized spacial score (nSPS) is 14.9. The highest BCUT2D eigenvalue weighted by Crippen LogP contribution is 2.48. The third-order valence-corrected chi connectivity index (χ3v) is 4.92. The van der Waals surface area contributed by atoms with Gasteiger partial charge in [0.05, 0.1) is 5.41 Å². The molecule has 3 aromatic rings. The van der Waals surface area contributed by atoms with Crippen molar-refractivity contribution in [2.45, 2.75) is 31.9 Å². The molecule has 0 radical (unpaired) electrons. The molecule has 0 aromatic heterocycles. The van der Waals surface area contributed by atoms with Gasteiger partial charge >= 0.3 is 6.18 Å². The van der Waals surface area contributed by atoms with Gasteiger partial charge in [0, 0.05) is 16.2 Å². The minimum absolute atomic E-state index is 0.0790. The Hall–Kier alpha value is -2.43. The first-order valence-corrected chi connectivity index (χ1v) is 7.64. The highest BCUT2D eigenvalue weighted by molar-refractivity contribution is 6.08. The lowest BCUT2D eigenvalue weighted by Gasteiger charge is -2.32. The Morgan fingerprint density at radius 1 is 0.875 bits per heavy atom. The molecule has 1 atom stereocenters. The molecule has 3 rings (SSSR count). The summed E-state index contributed by atoms with van der Waals surface area (Å²) in [7, 11) is 0. The number of hydrogen-bond donors (Lipinski definition) is 2. The molecule has 5 heteroatoms. The molecule has 126 valence electrons. The van der Waals surface area contributed by atoms with Crippen LogP contribution >= 0.6 is 0 Å². The Morgan fingerprint density at radius 2 is 1.46 bits per heavy atom. The molecule has 3 aromatic carbocycles. The monoisotopic (exact) mass is 334 g/mol. The molecule has 0 fully saturated rings. The number of phenols is 2. The zero-order valence-electron chi connectivity index (χ0n) is 13.3. The molecule has 1 unspecified atom stereocenters. The van der Waals surface area contributed by atoms with Crippen molar-refractivity contribution in [3.05, 3.63) is 48.0 Å². The molecule has 2 nitrogen and oxygen atoms in total. The molecule has 24 heavy (non-hydrogen) atoms. The molecule has 0 spiro atoms. The Morgan fingerprint density at radius 3 is 2.04 bits per heavy atom. The molecule has 0 aliphatic carbocycles. The maximum Gasteiger partial charge on any atom is 0.398 e. The second-order valence-electron chi connectivity index (χ2n) is 6.18. The van der Waals surface area contributed by atoms with Gasteiger partial charge in [0.15, 0.2) is 0 Å². The van der Waals surface area contributed by atoms with Crippen LogP contribution in [0.4, 0.5) is 13.2 Å². The number of fused-ring (bicyclic) bond motifs is 2. The zero-order chi connectivity index (χ0) is 17.7. The van der Waals surface area contributed by atoms with Gasteiger partial charge in [-0.2, -0.15) is 13.2 Å². The smallest absolute Gasteiger partial charge is 0.398 e. The maximum atomic E-state index is 13.7. The largest absolute Gasteiger partial charge is 0.507 e. The quantitative estimate of drug-likeness (QED) is 0.596. The maximum absolute atomic E-state index is 13.7. The number of benzene rings is 3. The van der Waals surface area contributed by atoms with Crippen LogP contribution in [-0.2, 0) is 5.41 Å². The van der Waals surface area contributed by atoms with E-state index in [0.717, 1.165) is 6.92 Å². The first kappa shape index (κ1) is 16.4. The van der Waals surface area contributed by atoms with E-state index in [1.165, 1.54) is 31.2 Å². The summed E-state index contributed by atoms with van der Waals surface area (Å²) in [5, 5.41) is 21.9. The van der Waals surface area contributed by atoms with Crippen LogP contribution in [0.5, 0.6) is 11.5 Å². The Kier molecular flexibility index (Phi) is 3.62. The van der Waals surface area contributed by atoms with Gasteiger partial charge in [-0.1, -0.05) is 37.3 Å². The number of halogens is 3. The van der Waals surface area contributed by atoms with Gasteiger partial charge in [-0.25, -0.2) is 0 Å². The van der Waals surface area contributed by atoms with Crippen molar-refractivity contribution in [3.8, 4) is 11.5 Å². The number of alkyl halides is 3. The zero-order valence-corrected chi connectivity index (χ0v) is 13.3. The second-order valence-corrected chi connectivity index (χ2v) is 6.18. The molecule has 0 heterocycles. The highest BCUT2D eigenvalue weighted by Gasteiger charge is 2.51. The van der Waals surface area contributed by atoms with Gasteiger partial charge < -0.3 is 10.2 Å². The number of aromatic hydroxyl groups is 2. The number of hydrogen-bond acceptors (Lipinski definition) is 2. The molecule has 0 bridgehead atoms. The predicted molar refractivity (Wildman–Crippen MR) is 88.5 cm³/mol.